The number of aliphatic hydroxyl groups excluding tert-OH is 2. The molecule has 176 valence electrons. The molecule has 2 atom stereocenters. The summed E-state index contributed by atoms with van der Waals surface area (Å²) in [5, 5.41) is 27.6. The highest BCUT2D eigenvalue weighted by atomic mass is 31.2. The normalized spacial score (nSPS) is 21.4. The van der Waals surface area contributed by atoms with E-state index in [4.69, 9.17) is 5.11 Å². The van der Waals surface area contributed by atoms with E-state index in [-0.39, 0.29) is 24.5 Å². The fourth-order valence-corrected chi connectivity index (χ4v) is 5.68. The van der Waals surface area contributed by atoms with Crippen LogP contribution in [0.5, 0.6) is 0 Å². The van der Waals surface area contributed by atoms with Crippen LogP contribution in [0.25, 0.3) is 0 Å². The van der Waals surface area contributed by atoms with E-state index in [0.29, 0.717) is 45.8 Å². The van der Waals surface area contributed by atoms with Crippen molar-refractivity contribution in [3.63, 3.8) is 0 Å². The van der Waals surface area contributed by atoms with E-state index < -0.39 is 26.8 Å². The molecule has 1 aliphatic heterocycles. The zero-order valence-electron chi connectivity index (χ0n) is 17.8. The molecule has 0 aromatic heterocycles. The largest absolute Gasteiger partial charge is 0.478 e. The lowest BCUT2D eigenvalue weighted by Gasteiger charge is -2.28. The van der Waals surface area contributed by atoms with Gasteiger partial charge in [-0.25, -0.2) is 4.79 Å². The number of carboxylic acid groups (broad SMARTS) is 1. The molecule has 0 spiro atoms. The van der Waals surface area contributed by atoms with Crippen LogP contribution in [0.3, 0.4) is 0 Å². The highest BCUT2D eigenvalue weighted by molar-refractivity contribution is 7.62. The average molecular weight is 477 g/mol. The molecule has 1 aromatic carbocycles. The lowest BCUT2D eigenvalue weighted by Crippen LogP contribution is -2.37. The van der Waals surface area contributed by atoms with Crippen LogP contribution in [0.2, 0.25) is 0 Å². The summed E-state index contributed by atoms with van der Waals surface area (Å²) < 4.78 is 24.5. The van der Waals surface area contributed by atoms with Crippen molar-refractivity contribution in [2.24, 2.45) is 0 Å². The van der Waals surface area contributed by atoms with Crippen LogP contribution in [0, 0.1) is 0 Å². The minimum Gasteiger partial charge on any atom is -0.478 e. The monoisotopic (exact) mass is 477 g/mol. The summed E-state index contributed by atoms with van der Waals surface area (Å²) in [6, 6.07) is 6.66. The molecule has 0 saturated carbocycles. The first-order chi connectivity index (χ1) is 14.5. The Morgan fingerprint density at radius 3 is 1.81 bits per heavy atom. The number of aromatic carboxylic acids is 1. The minimum absolute atomic E-state index is 0.123. The lowest BCUT2D eigenvalue weighted by molar-refractivity contribution is 0.0697. The van der Waals surface area contributed by atoms with Crippen molar-refractivity contribution in [3.8, 4) is 0 Å². The predicted octanol–water partition coefficient (Wildman–Crippen LogP) is 0.882. The molecule has 0 aliphatic carbocycles. The van der Waals surface area contributed by atoms with Gasteiger partial charge in [0.2, 0.25) is 7.37 Å². The molecule has 0 amide bonds. The topological polar surface area (TPSA) is 142 Å². The van der Waals surface area contributed by atoms with Gasteiger partial charge in [0.25, 0.3) is 0 Å². The molecular weight excluding hydrogens is 444 g/mol. The van der Waals surface area contributed by atoms with E-state index in [1.807, 2.05) is 9.80 Å². The summed E-state index contributed by atoms with van der Waals surface area (Å²) in [6.07, 6.45) is -1.01. The van der Waals surface area contributed by atoms with Crippen LogP contribution in [0.1, 0.15) is 15.9 Å². The highest BCUT2D eigenvalue weighted by Gasteiger charge is 2.26. The Morgan fingerprint density at radius 1 is 0.871 bits per heavy atom. The summed E-state index contributed by atoms with van der Waals surface area (Å²) in [6.45, 7) is 5.57. The average Bonchev–Trinajstić information content (AvgIpc) is 2.80. The number of aliphatic hydroxyl groups is 2. The van der Waals surface area contributed by atoms with Crippen LogP contribution in [0.4, 0.5) is 0 Å². The molecular formula is C19H33N3O7P2. The molecule has 1 saturated heterocycles. The second-order valence-corrected chi connectivity index (χ2v) is 13.6. The van der Waals surface area contributed by atoms with E-state index in [0.717, 1.165) is 5.56 Å². The molecule has 2 rings (SSSR count). The van der Waals surface area contributed by atoms with Gasteiger partial charge >= 0.3 is 5.97 Å². The van der Waals surface area contributed by atoms with Crippen LogP contribution < -0.4 is 0 Å². The van der Waals surface area contributed by atoms with Crippen molar-refractivity contribution in [2.75, 3.05) is 71.2 Å². The van der Waals surface area contributed by atoms with Gasteiger partial charge in [-0.05, 0) is 24.4 Å². The zero-order chi connectivity index (χ0) is 23.1. The maximum absolute atomic E-state index is 12.5. The van der Waals surface area contributed by atoms with E-state index in [2.05, 4.69) is 4.90 Å². The van der Waals surface area contributed by atoms with Gasteiger partial charge in [-0.1, -0.05) is 12.1 Å². The third kappa shape index (κ3) is 9.12. The molecule has 1 aromatic rings. The smallest absolute Gasteiger partial charge is 0.335 e. The molecule has 31 heavy (non-hydrogen) atoms. The van der Waals surface area contributed by atoms with Gasteiger partial charge in [-0.3, -0.25) is 19.3 Å². The quantitative estimate of drug-likeness (QED) is 0.379. The van der Waals surface area contributed by atoms with Gasteiger partial charge in [0.05, 0.1) is 24.5 Å². The van der Waals surface area contributed by atoms with Crippen LogP contribution in [0.15, 0.2) is 24.3 Å². The van der Waals surface area contributed by atoms with Crippen molar-refractivity contribution >= 4 is 20.5 Å². The van der Waals surface area contributed by atoms with Gasteiger partial charge < -0.3 is 24.8 Å². The molecule has 12 heteroatoms. The zero-order valence-corrected chi connectivity index (χ0v) is 19.6. The number of carbonyl (C=O) groups is 1. The van der Waals surface area contributed by atoms with Gasteiger partial charge in [-0.2, -0.15) is 0 Å². The van der Waals surface area contributed by atoms with E-state index >= 15 is 0 Å². The Balaban J connectivity index is 2.13. The van der Waals surface area contributed by atoms with Gasteiger partial charge in [0.1, 0.15) is 13.5 Å². The van der Waals surface area contributed by atoms with Crippen molar-refractivity contribution in [1.82, 2.24) is 14.7 Å². The van der Waals surface area contributed by atoms with Crippen molar-refractivity contribution in [3.05, 3.63) is 35.4 Å². The van der Waals surface area contributed by atoms with Crippen LogP contribution in [-0.2, 0) is 15.7 Å². The van der Waals surface area contributed by atoms with Gasteiger partial charge in [-0.15, -0.1) is 0 Å². The predicted molar refractivity (Wildman–Crippen MR) is 119 cm³/mol. The third-order valence-corrected chi connectivity index (χ3v) is 8.13. The van der Waals surface area contributed by atoms with Crippen molar-refractivity contribution in [2.45, 2.75) is 6.54 Å². The number of benzene rings is 1. The van der Waals surface area contributed by atoms with Crippen molar-refractivity contribution in [1.29, 1.82) is 0 Å². The minimum atomic E-state index is -3.66. The Hall–Kier alpha value is -1.09. The molecule has 1 aliphatic rings. The molecule has 4 N–H and O–H groups in total. The summed E-state index contributed by atoms with van der Waals surface area (Å²) in [7, 11) is -6.38. The standard InChI is InChI=1S/C19H33N3O7P2/c1-30(27,15-23)13-21-8-6-20(12-17-2-4-18(5-3-17)19(25)26)7-9-22(11-10-21)14-31(28,29)16-24/h2-5,23-24H,6-16H2,1H3,(H,25,26)(H,28,29). The molecule has 1 fully saturated rings. The first-order valence-corrected chi connectivity index (χ1v) is 14.7. The summed E-state index contributed by atoms with van der Waals surface area (Å²) in [5.74, 6) is -0.981. The van der Waals surface area contributed by atoms with Crippen molar-refractivity contribution < 1.29 is 34.1 Å². The second kappa shape index (κ2) is 11.7. The maximum Gasteiger partial charge on any atom is 0.335 e. The first kappa shape index (κ1) is 26.2. The third-order valence-electron chi connectivity index (χ3n) is 5.24. The van der Waals surface area contributed by atoms with E-state index in [1.54, 1.807) is 30.9 Å². The molecule has 2 unspecified atom stereocenters. The summed E-state index contributed by atoms with van der Waals surface area (Å²) >= 11 is 0. The fourth-order valence-electron chi connectivity index (χ4n) is 3.46. The number of rotatable bonds is 9. The summed E-state index contributed by atoms with van der Waals surface area (Å²) in [4.78, 5) is 26.9. The number of carboxylic acids is 1. The van der Waals surface area contributed by atoms with Gasteiger partial charge in [0.15, 0.2) is 0 Å². The second-order valence-electron chi connectivity index (χ2n) is 8.22. The Labute approximate surface area is 182 Å². The molecule has 10 nitrogen and oxygen atoms in total. The SMILES string of the molecule is CP(=O)(CO)CN1CCN(Cc2ccc(C(=O)O)cc2)CCN(CP(=O)(O)CO)CC1. The highest BCUT2D eigenvalue weighted by Crippen LogP contribution is 2.41. The Kier molecular flexibility index (Phi) is 9.86. The van der Waals surface area contributed by atoms with E-state index in [1.165, 1.54) is 0 Å². The number of nitrogens with zero attached hydrogens (tertiary/aromatic N) is 3. The molecule has 0 bridgehead atoms. The van der Waals surface area contributed by atoms with E-state index in [9.17, 15) is 29.0 Å². The Morgan fingerprint density at radius 2 is 1.35 bits per heavy atom. The van der Waals surface area contributed by atoms with Crippen LogP contribution in [-0.4, -0.2) is 112 Å². The number of hydrogen-bond acceptors (Lipinski definition) is 8. The summed E-state index contributed by atoms with van der Waals surface area (Å²) in [5.41, 5.74) is 1.16. The lowest BCUT2D eigenvalue weighted by atomic mass is 10.1. The maximum atomic E-state index is 12.5. The van der Waals surface area contributed by atoms with Crippen LogP contribution >= 0.6 is 14.5 Å². The number of hydrogen-bond donors (Lipinski definition) is 4. The fraction of sp³-hybridized carbons (Fsp3) is 0.632. The Bertz CT molecular complexity index is 783. The molecule has 1 heterocycles. The van der Waals surface area contributed by atoms with Gasteiger partial charge in [0, 0.05) is 45.8 Å². The molecule has 0 radical (unpaired) electrons. The first-order valence-electron chi connectivity index (χ1n) is 10.1.